The molecular weight excluding hydrogens is 286 g/mol. The topological polar surface area (TPSA) is 62.7 Å². The molecule has 1 aliphatic heterocycles. The van der Waals surface area contributed by atoms with Crippen LogP contribution in [0.1, 0.15) is 25.7 Å². The van der Waals surface area contributed by atoms with Crippen LogP contribution >= 0.6 is 11.9 Å². The summed E-state index contributed by atoms with van der Waals surface area (Å²) in [4.78, 5) is 12.1. The van der Waals surface area contributed by atoms with E-state index in [1.807, 2.05) is 24.3 Å². The number of ether oxygens (including phenoxy) is 1. The minimum Gasteiger partial charge on any atom is -0.497 e. The Balaban J connectivity index is 1.56. The number of amides is 2. The molecule has 2 amide bonds. The van der Waals surface area contributed by atoms with Gasteiger partial charge in [-0.05, 0) is 49.1 Å². The first-order valence-electron chi connectivity index (χ1n) is 7.22. The van der Waals surface area contributed by atoms with Crippen molar-refractivity contribution in [2.45, 2.75) is 30.9 Å². The van der Waals surface area contributed by atoms with Crippen LogP contribution in [0.5, 0.6) is 5.75 Å². The van der Waals surface area contributed by atoms with Crippen molar-refractivity contribution in [3.8, 4) is 5.75 Å². The van der Waals surface area contributed by atoms with Crippen LogP contribution in [0.2, 0.25) is 0 Å². The van der Waals surface area contributed by atoms with Crippen molar-refractivity contribution in [2.75, 3.05) is 12.4 Å². The number of methoxy groups -OCH3 is 1. The molecule has 2 N–H and O–H groups in total. The fourth-order valence-corrected chi connectivity index (χ4v) is 3.91. The summed E-state index contributed by atoms with van der Waals surface area (Å²) in [5.41, 5.74) is 0.736. The smallest absolute Gasteiger partial charge is 0.324 e. The molecule has 2 aliphatic rings. The van der Waals surface area contributed by atoms with Gasteiger partial charge >= 0.3 is 6.03 Å². The lowest BCUT2D eigenvalue weighted by molar-refractivity contribution is 0.255. The Morgan fingerprint density at radius 2 is 2.00 bits per heavy atom. The SMILES string of the molecule is COc1ccc(NC(=O)NC2=NSC3CCCCC23)cc1. The summed E-state index contributed by atoms with van der Waals surface area (Å²) in [5.74, 6) is 2.00. The number of rotatable bonds is 2. The van der Waals surface area contributed by atoms with Crippen molar-refractivity contribution in [3.63, 3.8) is 0 Å². The van der Waals surface area contributed by atoms with E-state index in [0.717, 1.165) is 23.7 Å². The summed E-state index contributed by atoms with van der Waals surface area (Å²) in [7, 11) is 1.62. The molecule has 1 aromatic carbocycles. The Morgan fingerprint density at radius 1 is 1.24 bits per heavy atom. The van der Waals surface area contributed by atoms with E-state index in [1.54, 1.807) is 19.1 Å². The number of amidine groups is 1. The lowest BCUT2D eigenvalue weighted by Gasteiger charge is -2.24. The average Bonchev–Trinajstić information content (AvgIpc) is 2.91. The van der Waals surface area contributed by atoms with Crippen LogP contribution in [-0.4, -0.2) is 24.2 Å². The van der Waals surface area contributed by atoms with Gasteiger partial charge in [0.1, 0.15) is 11.6 Å². The second kappa shape index (κ2) is 6.39. The van der Waals surface area contributed by atoms with Crippen LogP contribution in [0.3, 0.4) is 0 Å². The fourth-order valence-electron chi connectivity index (χ4n) is 2.80. The molecule has 0 aromatic heterocycles. The van der Waals surface area contributed by atoms with Crippen molar-refractivity contribution in [3.05, 3.63) is 24.3 Å². The highest BCUT2D eigenvalue weighted by molar-refractivity contribution is 7.99. The van der Waals surface area contributed by atoms with E-state index in [9.17, 15) is 4.79 Å². The number of hydrogen-bond acceptors (Lipinski definition) is 4. The third-order valence-corrected chi connectivity index (χ3v) is 5.07. The molecule has 1 fully saturated rings. The molecular formula is C15H19N3O2S. The number of carbonyl (C=O) groups excluding carboxylic acids is 1. The van der Waals surface area contributed by atoms with E-state index < -0.39 is 0 Å². The molecule has 1 aromatic rings. The monoisotopic (exact) mass is 305 g/mol. The van der Waals surface area contributed by atoms with Crippen LogP contribution in [-0.2, 0) is 0 Å². The number of benzene rings is 1. The number of nitrogens with zero attached hydrogens (tertiary/aromatic N) is 1. The molecule has 21 heavy (non-hydrogen) atoms. The molecule has 3 rings (SSSR count). The Hall–Kier alpha value is -1.69. The van der Waals surface area contributed by atoms with E-state index in [2.05, 4.69) is 15.0 Å². The number of fused-ring (bicyclic) bond motifs is 1. The van der Waals surface area contributed by atoms with E-state index in [1.165, 1.54) is 19.3 Å². The predicted octanol–water partition coefficient (Wildman–Crippen LogP) is 3.44. The zero-order valence-corrected chi connectivity index (χ0v) is 12.8. The Morgan fingerprint density at radius 3 is 2.76 bits per heavy atom. The maximum absolute atomic E-state index is 12.1. The number of anilines is 1. The quantitative estimate of drug-likeness (QED) is 0.823. The first-order chi connectivity index (χ1) is 10.3. The van der Waals surface area contributed by atoms with Crippen molar-refractivity contribution in [1.82, 2.24) is 5.32 Å². The highest BCUT2D eigenvalue weighted by atomic mass is 32.2. The molecule has 6 heteroatoms. The Bertz CT molecular complexity index is 544. The summed E-state index contributed by atoms with van der Waals surface area (Å²) >= 11 is 1.62. The maximum Gasteiger partial charge on any atom is 0.324 e. The first-order valence-corrected chi connectivity index (χ1v) is 8.05. The molecule has 0 saturated heterocycles. The van der Waals surface area contributed by atoms with Crippen LogP contribution in [0.4, 0.5) is 10.5 Å². The van der Waals surface area contributed by atoms with E-state index in [0.29, 0.717) is 11.2 Å². The second-order valence-electron chi connectivity index (χ2n) is 5.32. The highest BCUT2D eigenvalue weighted by Crippen LogP contribution is 2.39. The van der Waals surface area contributed by atoms with Crippen LogP contribution in [0.15, 0.2) is 28.7 Å². The van der Waals surface area contributed by atoms with Gasteiger partial charge < -0.3 is 10.1 Å². The van der Waals surface area contributed by atoms with Gasteiger partial charge in [0.2, 0.25) is 0 Å². The largest absolute Gasteiger partial charge is 0.497 e. The summed E-state index contributed by atoms with van der Waals surface area (Å²) < 4.78 is 9.52. The third-order valence-electron chi connectivity index (χ3n) is 3.93. The third kappa shape index (κ3) is 3.32. The lowest BCUT2D eigenvalue weighted by Crippen LogP contribution is -2.40. The minimum absolute atomic E-state index is 0.231. The van der Waals surface area contributed by atoms with Crippen LogP contribution in [0, 0.1) is 5.92 Å². The number of hydrogen-bond donors (Lipinski definition) is 2. The van der Waals surface area contributed by atoms with Gasteiger partial charge in [-0.25, -0.2) is 9.19 Å². The van der Waals surface area contributed by atoms with Crippen LogP contribution in [0.25, 0.3) is 0 Å². The molecule has 0 bridgehead atoms. The zero-order valence-electron chi connectivity index (χ0n) is 12.0. The molecule has 0 radical (unpaired) electrons. The molecule has 1 aliphatic carbocycles. The summed E-state index contributed by atoms with van der Waals surface area (Å²) in [6.45, 7) is 0. The van der Waals surface area contributed by atoms with Gasteiger partial charge in [0.05, 0.1) is 7.11 Å². The van der Waals surface area contributed by atoms with Gasteiger partial charge in [-0.1, -0.05) is 12.8 Å². The fraction of sp³-hybridized carbons (Fsp3) is 0.467. The molecule has 1 heterocycles. The molecule has 1 saturated carbocycles. The maximum atomic E-state index is 12.1. The van der Waals surface area contributed by atoms with Gasteiger partial charge in [-0.15, -0.1) is 0 Å². The van der Waals surface area contributed by atoms with E-state index in [4.69, 9.17) is 4.74 Å². The number of urea groups is 1. The van der Waals surface area contributed by atoms with Crippen molar-refractivity contribution in [1.29, 1.82) is 0 Å². The van der Waals surface area contributed by atoms with Crippen molar-refractivity contribution < 1.29 is 9.53 Å². The molecule has 5 nitrogen and oxygen atoms in total. The first kappa shape index (κ1) is 14.3. The number of carbonyl (C=O) groups is 1. The summed E-state index contributed by atoms with van der Waals surface area (Å²) in [6, 6.07) is 7.02. The van der Waals surface area contributed by atoms with Gasteiger partial charge in [-0.2, -0.15) is 0 Å². The molecule has 2 unspecified atom stereocenters. The Kier molecular flexibility index (Phi) is 4.34. The normalized spacial score (nSPS) is 24.0. The summed E-state index contributed by atoms with van der Waals surface area (Å²) in [6.07, 6.45) is 4.82. The summed E-state index contributed by atoms with van der Waals surface area (Å²) in [5, 5.41) is 6.27. The predicted molar refractivity (Wildman–Crippen MR) is 85.9 cm³/mol. The van der Waals surface area contributed by atoms with E-state index >= 15 is 0 Å². The van der Waals surface area contributed by atoms with Crippen LogP contribution < -0.4 is 15.4 Å². The van der Waals surface area contributed by atoms with Gasteiger partial charge in [-0.3, -0.25) is 5.32 Å². The average molecular weight is 305 g/mol. The molecule has 112 valence electrons. The second-order valence-corrected chi connectivity index (χ2v) is 6.32. The highest BCUT2D eigenvalue weighted by Gasteiger charge is 2.35. The Labute approximate surface area is 128 Å². The van der Waals surface area contributed by atoms with Crippen molar-refractivity contribution >= 4 is 29.5 Å². The molecule has 2 atom stereocenters. The van der Waals surface area contributed by atoms with Gasteiger partial charge in [0, 0.05) is 16.9 Å². The van der Waals surface area contributed by atoms with E-state index in [-0.39, 0.29) is 6.03 Å². The standard InChI is InChI=1S/C15H19N3O2S/c1-20-11-8-6-10(7-9-11)16-15(19)17-14-12-4-2-3-5-13(12)21-18-14/h6-9,12-13H,2-5H2,1H3,(H2,16,17,18,19). The zero-order chi connectivity index (χ0) is 14.7. The van der Waals surface area contributed by atoms with Gasteiger partial charge in [0.15, 0.2) is 0 Å². The van der Waals surface area contributed by atoms with Gasteiger partial charge in [0.25, 0.3) is 0 Å². The minimum atomic E-state index is -0.231. The molecule has 0 spiro atoms. The number of nitrogens with one attached hydrogen (secondary N) is 2. The lowest BCUT2D eigenvalue weighted by atomic mass is 9.88. The van der Waals surface area contributed by atoms with Crippen molar-refractivity contribution in [2.24, 2.45) is 10.3 Å².